The van der Waals surface area contributed by atoms with E-state index in [-0.39, 0.29) is 0 Å². The first-order valence-corrected chi connectivity index (χ1v) is 4.40. The van der Waals surface area contributed by atoms with E-state index in [1.54, 1.807) is 18.2 Å². The fraction of sp³-hybridized carbons (Fsp3) is 0.250. The summed E-state index contributed by atoms with van der Waals surface area (Å²) in [5.74, 6) is -2.00. The fourth-order valence-electron chi connectivity index (χ4n) is 0.642. The van der Waals surface area contributed by atoms with Crippen LogP contribution in [-0.2, 0) is 9.59 Å². The summed E-state index contributed by atoms with van der Waals surface area (Å²) in [6.07, 6.45) is -1.19. The van der Waals surface area contributed by atoms with Gasteiger partial charge in [-0.15, -0.1) is 0 Å². The summed E-state index contributed by atoms with van der Waals surface area (Å²) in [6.45, 7) is 0. The van der Waals surface area contributed by atoms with Crippen molar-refractivity contribution >= 4 is 22.7 Å². The van der Waals surface area contributed by atoms with Gasteiger partial charge in [-0.2, -0.15) is 13.2 Å². The minimum absolute atomic E-state index is 0.574. The number of hydrogen-bond donors (Lipinski definition) is 0. The summed E-state index contributed by atoms with van der Waals surface area (Å²) in [5.41, 5.74) is 0. The molecule has 0 aromatic carbocycles. The van der Waals surface area contributed by atoms with Crippen molar-refractivity contribution in [2.45, 2.75) is 12.6 Å². The number of halogens is 3. The second-order valence-corrected chi connectivity index (χ2v) is 3.63. The molecule has 1 aliphatic rings. The zero-order chi connectivity index (χ0) is 10.8. The summed E-state index contributed by atoms with van der Waals surface area (Å²) < 4.78 is 35.1. The molecular formula is C8H5F3O2S. The third-order valence-corrected chi connectivity index (χ3v) is 2.25. The quantitative estimate of drug-likeness (QED) is 0.686. The Balaban J connectivity index is 2.37. The standard InChI is InChI=1S/C8H5F3O2S/c9-8(10,11)6(12)4-7(13)14-5-2-1-3-5/h1-3H,4H2. The lowest BCUT2D eigenvalue weighted by atomic mass is 10.3. The van der Waals surface area contributed by atoms with Gasteiger partial charge < -0.3 is 0 Å². The first-order chi connectivity index (χ1) is 6.39. The van der Waals surface area contributed by atoms with Crippen molar-refractivity contribution in [3.05, 3.63) is 23.1 Å². The first-order valence-electron chi connectivity index (χ1n) is 3.58. The molecule has 0 aromatic heterocycles. The minimum atomic E-state index is -4.92. The number of thioether (sulfide) groups is 1. The first kappa shape index (κ1) is 11.0. The summed E-state index contributed by atoms with van der Waals surface area (Å²) in [5, 5.41) is -0.789. The van der Waals surface area contributed by atoms with E-state index in [1.165, 1.54) is 0 Å². The Kier molecular flexibility index (Phi) is 3.15. The van der Waals surface area contributed by atoms with E-state index in [2.05, 4.69) is 0 Å². The average molecular weight is 222 g/mol. The van der Waals surface area contributed by atoms with Crippen LogP contribution in [-0.4, -0.2) is 17.1 Å². The van der Waals surface area contributed by atoms with Gasteiger partial charge in [0.2, 0.25) is 10.9 Å². The van der Waals surface area contributed by atoms with Gasteiger partial charge in [-0.25, -0.2) is 0 Å². The van der Waals surface area contributed by atoms with Crippen LogP contribution in [0.15, 0.2) is 23.1 Å². The summed E-state index contributed by atoms with van der Waals surface area (Å²) in [6, 6.07) is 0. The van der Waals surface area contributed by atoms with Gasteiger partial charge in [-0.1, -0.05) is 17.8 Å². The van der Waals surface area contributed by atoms with E-state index in [4.69, 9.17) is 0 Å². The molecule has 0 aromatic rings. The molecule has 6 heteroatoms. The van der Waals surface area contributed by atoms with Gasteiger partial charge in [0.25, 0.3) is 0 Å². The number of carbonyl (C=O) groups excluding carboxylic acids is 2. The highest BCUT2D eigenvalue weighted by Gasteiger charge is 2.39. The van der Waals surface area contributed by atoms with Gasteiger partial charge in [0.15, 0.2) is 0 Å². The second kappa shape index (κ2) is 4.00. The topological polar surface area (TPSA) is 34.1 Å². The second-order valence-electron chi connectivity index (χ2n) is 2.50. The van der Waals surface area contributed by atoms with Crippen LogP contribution < -0.4 is 0 Å². The van der Waals surface area contributed by atoms with E-state index in [1.807, 2.05) is 0 Å². The maximum absolute atomic E-state index is 11.7. The lowest BCUT2D eigenvalue weighted by Gasteiger charge is -2.06. The predicted octanol–water partition coefficient (Wildman–Crippen LogP) is 2.22. The number of alkyl halides is 3. The molecule has 0 atom stereocenters. The number of rotatable bonds is 3. The lowest BCUT2D eigenvalue weighted by Crippen LogP contribution is -2.24. The van der Waals surface area contributed by atoms with Gasteiger partial charge >= 0.3 is 6.18 Å². The number of hydrogen-bond acceptors (Lipinski definition) is 3. The smallest absolute Gasteiger partial charge is 0.289 e. The van der Waals surface area contributed by atoms with Crippen LogP contribution in [0.25, 0.3) is 0 Å². The molecule has 0 bridgehead atoms. The van der Waals surface area contributed by atoms with Crippen molar-refractivity contribution in [3.63, 3.8) is 0 Å². The van der Waals surface area contributed by atoms with Gasteiger partial charge in [0.1, 0.15) is 0 Å². The minimum Gasteiger partial charge on any atom is -0.289 e. The van der Waals surface area contributed by atoms with Crippen LogP contribution in [0.5, 0.6) is 0 Å². The van der Waals surface area contributed by atoms with E-state index in [9.17, 15) is 22.8 Å². The van der Waals surface area contributed by atoms with Crippen LogP contribution >= 0.6 is 11.8 Å². The monoisotopic (exact) mass is 222 g/mol. The van der Waals surface area contributed by atoms with Gasteiger partial charge in [0.05, 0.1) is 6.42 Å². The molecule has 0 amide bonds. The number of allylic oxidation sites excluding steroid dienone is 3. The molecule has 0 unspecified atom stereocenters. The van der Waals surface area contributed by atoms with Gasteiger partial charge in [0, 0.05) is 4.91 Å². The van der Waals surface area contributed by atoms with Crippen molar-refractivity contribution < 1.29 is 22.8 Å². The zero-order valence-electron chi connectivity index (χ0n) is 6.80. The fourth-order valence-corrected chi connectivity index (χ4v) is 1.40. The van der Waals surface area contributed by atoms with Crippen molar-refractivity contribution in [2.75, 3.05) is 0 Å². The Labute approximate surface area is 81.9 Å². The molecule has 0 aliphatic heterocycles. The van der Waals surface area contributed by atoms with E-state index in [0.717, 1.165) is 0 Å². The van der Waals surface area contributed by atoms with E-state index >= 15 is 0 Å². The van der Waals surface area contributed by atoms with E-state index < -0.39 is 23.5 Å². The molecule has 14 heavy (non-hydrogen) atoms. The number of ketones is 1. The summed E-state index contributed by atoms with van der Waals surface area (Å²) in [7, 11) is 0. The number of carbonyl (C=O) groups is 2. The normalized spacial score (nSPS) is 14.6. The number of Topliss-reactive ketones (excluding diaryl/α,β-unsaturated/α-hetero) is 1. The van der Waals surface area contributed by atoms with Crippen LogP contribution in [0.4, 0.5) is 13.2 Å². The maximum Gasteiger partial charge on any atom is 0.450 e. The SMILES string of the molecule is O=C(CC(=O)C(F)(F)F)SC1=CC=C1. The third-order valence-electron chi connectivity index (χ3n) is 1.37. The molecule has 0 N–H and O–H groups in total. The molecular weight excluding hydrogens is 217 g/mol. The Hall–Kier alpha value is -1.04. The molecule has 76 valence electrons. The Morgan fingerprint density at radius 1 is 1.36 bits per heavy atom. The van der Waals surface area contributed by atoms with E-state index in [0.29, 0.717) is 16.7 Å². The molecule has 2 nitrogen and oxygen atoms in total. The van der Waals surface area contributed by atoms with Crippen molar-refractivity contribution in [1.82, 2.24) is 0 Å². The molecule has 0 spiro atoms. The molecule has 0 saturated heterocycles. The Morgan fingerprint density at radius 2 is 1.93 bits per heavy atom. The van der Waals surface area contributed by atoms with Crippen LogP contribution in [0.3, 0.4) is 0 Å². The van der Waals surface area contributed by atoms with Crippen LogP contribution in [0, 0.1) is 0 Å². The van der Waals surface area contributed by atoms with Crippen molar-refractivity contribution in [3.8, 4) is 0 Å². The summed E-state index contributed by atoms with van der Waals surface area (Å²) in [4.78, 5) is 21.8. The average Bonchev–Trinajstić information content (AvgIpc) is 1.95. The molecule has 0 radical (unpaired) electrons. The molecule has 1 rings (SSSR count). The van der Waals surface area contributed by atoms with Crippen molar-refractivity contribution in [2.24, 2.45) is 0 Å². The van der Waals surface area contributed by atoms with Gasteiger partial charge in [-0.05, 0) is 12.2 Å². The highest BCUT2D eigenvalue weighted by atomic mass is 32.2. The highest BCUT2D eigenvalue weighted by molar-refractivity contribution is 8.17. The molecule has 0 heterocycles. The lowest BCUT2D eigenvalue weighted by molar-refractivity contribution is -0.171. The zero-order valence-corrected chi connectivity index (χ0v) is 7.61. The molecule has 0 saturated carbocycles. The molecule has 1 aliphatic carbocycles. The summed E-state index contributed by atoms with van der Waals surface area (Å²) >= 11 is 0.645. The van der Waals surface area contributed by atoms with Crippen LogP contribution in [0.2, 0.25) is 0 Å². The van der Waals surface area contributed by atoms with Gasteiger partial charge in [-0.3, -0.25) is 9.59 Å². The third kappa shape index (κ3) is 3.02. The van der Waals surface area contributed by atoms with Crippen molar-refractivity contribution in [1.29, 1.82) is 0 Å². The maximum atomic E-state index is 11.7. The Morgan fingerprint density at radius 3 is 2.29 bits per heavy atom. The Bertz CT molecular complexity index is 328. The van der Waals surface area contributed by atoms with Crippen LogP contribution in [0.1, 0.15) is 6.42 Å². The predicted molar refractivity (Wildman–Crippen MR) is 45.5 cm³/mol. The highest BCUT2D eigenvalue weighted by Crippen LogP contribution is 2.26. The largest absolute Gasteiger partial charge is 0.450 e. The molecule has 0 fully saturated rings.